The van der Waals surface area contributed by atoms with Crippen LogP contribution in [-0.4, -0.2) is 26.6 Å². The number of fused-ring (bicyclic) bond motifs is 5. The van der Waals surface area contributed by atoms with Crippen molar-refractivity contribution in [3.05, 3.63) is 36.2 Å². The Morgan fingerprint density at radius 2 is 2.11 bits per heavy atom. The van der Waals surface area contributed by atoms with Crippen molar-refractivity contribution in [1.82, 2.24) is 19.5 Å². The van der Waals surface area contributed by atoms with Crippen LogP contribution in [0.3, 0.4) is 0 Å². The zero-order chi connectivity index (χ0) is 12.1. The molecule has 0 fully saturated rings. The lowest BCUT2D eigenvalue weighted by atomic mass is 10.1. The van der Waals surface area contributed by atoms with E-state index in [4.69, 9.17) is 4.74 Å². The molecule has 3 heterocycles. The molecule has 0 saturated heterocycles. The number of benzene rings is 1. The Morgan fingerprint density at radius 3 is 3.00 bits per heavy atom. The van der Waals surface area contributed by atoms with E-state index in [-0.39, 0.29) is 0 Å². The maximum Gasteiger partial charge on any atom is 0.245 e. The summed E-state index contributed by atoms with van der Waals surface area (Å²) in [5, 5.41) is 0. The number of methoxy groups -OCH3 is 1. The standard InChI is InChI=1S/C13H10N4O/c1-18-13-10-12(14-7-15-13)17-6-8-4-2-3-5-9(8)11(17)16-10/h2-5,7H,6H2,1H3. The molecule has 0 radical (unpaired) electrons. The molecular formula is C13H10N4O. The Bertz CT molecular complexity index is 763. The molecule has 0 amide bonds. The third-order valence-corrected chi connectivity index (χ3v) is 3.28. The van der Waals surface area contributed by atoms with Gasteiger partial charge >= 0.3 is 0 Å². The van der Waals surface area contributed by atoms with Crippen LogP contribution in [0.15, 0.2) is 30.6 Å². The molecule has 4 rings (SSSR count). The van der Waals surface area contributed by atoms with Crippen LogP contribution in [0.5, 0.6) is 5.88 Å². The molecule has 2 aromatic heterocycles. The van der Waals surface area contributed by atoms with Crippen molar-refractivity contribution < 1.29 is 4.74 Å². The van der Waals surface area contributed by atoms with E-state index in [2.05, 4.69) is 31.7 Å². The van der Waals surface area contributed by atoms with E-state index in [0.29, 0.717) is 5.88 Å². The molecular weight excluding hydrogens is 228 g/mol. The van der Waals surface area contributed by atoms with Gasteiger partial charge in [0.25, 0.3) is 0 Å². The summed E-state index contributed by atoms with van der Waals surface area (Å²) in [5.41, 5.74) is 3.99. The molecule has 18 heavy (non-hydrogen) atoms. The lowest BCUT2D eigenvalue weighted by Gasteiger charge is -2.00. The van der Waals surface area contributed by atoms with Crippen molar-refractivity contribution >= 4 is 11.2 Å². The summed E-state index contributed by atoms with van der Waals surface area (Å²) in [5.74, 6) is 1.47. The second kappa shape index (κ2) is 3.29. The van der Waals surface area contributed by atoms with Gasteiger partial charge in [0, 0.05) is 5.56 Å². The molecule has 0 N–H and O–H groups in total. The summed E-state index contributed by atoms with van der Waals surface area (Å²) in [6.45, 7) is 0.808. The Labute approximate surface area is 103 Å². The first kappa shape index (κ1) is 9.58. The van der Waals surface area contributed by atoms with Gasteiger partial charge in [-0.3, -0.25) is 0 Å². The Morgan fingerprint density at radius 1 is 1.22 bits per heavy atom. The lowest BCUT2D eigenvalue weighted by molar-refractivity contribution is 0.401. The van der Waals surface area contributed by atoms with Crippen molar-refractivity contribution in [2.24, 2.45) is 0 Å². The van der Waals surface area contributed by atoms with E-state index in [9.17, 15) is 0 Å². The number of nitrogens with zero attached hydrogens (tertiary/aromatic N) is 4. The van der Waals surface area contributed by atoms with Crippen LogP contribution in [0.4, 0.5) is 0 Å². The van der Waals surface area contributed by atoms with Crippen LogP contribution in [0.1, 0.15) is 5.56 Å². The fraction of sp³-hybridized carbons (Fsp3) is 0.154. The zero-order valence-corrected chi connectivity index (χ0v) is 9.79. The van der Waals surface area contributed by atoms with E-state index >= 15 is 0 Å². The number of hydrogen-bond donors (Lipinski definition) is 0. The third kappa shape index (κ3) is 1.08. The van der Waals surface area contributed by atoms with Gasteiger partial charge in [-0.25, -0.2) is 9.97 Å². The molecule has 5 heteroatoms. The van der Waals surface area contributed by atoms with Crippen molar-refractivity contribution in [2.75, 3.05) is 7.11 Å². The summed E-state index contributed by atoms with van der Waals surface area (Å²) in [6, 6.07) is 8.27. The van der Waals surface area contributed by atoms with Gasteiger partial charge in [-0.1, -0.05) is 24.3 Å². The fourth-order valence-corrected chi connectivity index (χ4v) is 2.47. The topological polar surface area (TPSA) is 52.8 Å². The van der Waals surface area contributed by atoms with Crippen LogP contribution in [0.2, 0.25) is 0 Å². The van der Waals surface area contributed by atoms with Crippen molar-refractivity contribution in [3.63, 3.8) is 0 Å². The number of aromatic nitrogens is 4. The predicted molar refractivity (Wildman–Crippen MR) is 66.4 cm³/mol. The first-order valence-corrected chi connectivity index (χ1v) is 5.72. The molecule has 88 valence electrons. The summed E-state index contributed by atoms with van der Waals surface area (Å²) < 4.78 is 7.33. The van der Waals surface area contributed by atoms with Gasteiger partial charge in [-0.2, -0.15) is 4.98 Å². The maximum atomic E-state index is 5.23. The third-order valence-electron chi connectivity index (χ3n) is 3.28. The molecule has 1 aliphatic rings. The number of imidazole rings is 1. The minimum atomic E-state index is 0.527. The van der Waals surface area contributed by atoms with Gasteiger partial charge in [0.2, 0.25) is 5.88 Å². The molecule has 3 aromatic rings. The zero-order valence-electron chi connectivity index (χ0n) is 9.79. The number of ether oxygens (including phenoxy) is 1. The normalized spacial score (nSPS) is 12.5. The number of hydrogen-bond acceptors (Lipinski definition) is 4. The second-order valence-electron chi connectivity index (χ2n) is 4.23. The van der Waals surface area contributed by atoms with E-state index in [0.717, 1.165) is 29.1 Å². The van der Waals surface area contributed by atoms with Gasteiger partial charge in [0.05, 0.1) is 13.7 Å². The molecule has 0 aliphatic carbocycles. The van der Waals surface area contributed by atoms with Crippen LogP contribution < -0.4 is 4.74 Å². The highest BCUT2D eigenvalue weighted by atomic mass is 16.5. The minimum absolute atomic E-state index is 0.527. The van der Waals surface area contributed by atoms with Gasteiger partial charge in [-0.15, -0.1) is 0 Å². The Kier molecular flexibility index (Phi) is 1.75. The average Bonchev–Trinajstić information content (AvgIpc) is 2.94. The molecule has 5 nitrogen and oxygen atoms in total. The molecule has 0 saturated carbocycles. The van der Waals surface area contributed by atoms with Gasteiger partial charge in [-0.05, 0) is 5.56 Å². The highest BCUT2D eigenvalue weighted by Gasteiger charge is 2.24. The van der Waals surface area contributed by atoms with E-state index < -0.39 is 0 Å². The highest BCUT2D eigenvalue weighted by molar-refractivity contribution is 5.83. The largest absolute Gasteiger partial charge is 0.479 e. The minimum Gasteiger partial charge on any atom is -0.479 e. The molecule has 0 spiro atoms. The Hall–Kier alpha value is -2.43. The van der Waals surface area contributed by atoms with E-state index in [1.54, 1.807) is 7.11 Å². The van der Waals surface area contributed by atoms with Gasteiger partial charge < -0.3 is 9.30 Å². The molecule has 0 unspecified atom stereocenters. The van der Waals surface area contributed by atoms with Crippen LogP contribution in [0, 0.1) is 0 Å². The summed E-state index contributed by atoms with van der Waals surface area (Å²) in [4.78, 5) is 13.0. The predicted octanol–water partition coefficient (Wildman–Crippen LogP) is 1.86. The van der Waals surface area contributed by atoms with E-state index in [1.807, 2.05) is 12.1 Å². The average molecular weight is 238 g/mol. The molecule has 1 aromatic carbocycles. The van der Waals surface area contributed by atoms with Gasteiger partial charge in [0.1, 0.15) is 12.2 Å². The first-order valence-electron chi connectivity index (χ1n) is 5.72. The van der Waals surface area contributed by atoms with Crippen molar-refractivity contribution in [2.45, 2.75) is 6.54 Å². The summed E-state index contributed by atoms with van der Waals surface area (Å²) in [7, 11) is 1.60. The van der Waals surface area contributed by atoms with Crippen molar-refractivity contribution in [3.8, 4) is 17.3 Å². The van der Waals surface area contributed by atoms with Gasteiger partial charge in [0.15, 0.2) is 11.2 Å². The van der Waals surface area contributed by atoms with Crippen molar-refractivity contribution in [1.29, 1.82) is 0 Å². The molecule has 1 aliphatic heterocycles. The molecule has 0 atom stereocenters. The van der Waals surface area contributed by atoms with Crippen LogP contribution >= 0.6 is 0 Å². The monoisotopic (exact) mass is 238 g/mol. The first-order chi connectivity index (χ1) is 8.88. The summed E-state index contributed by atoms with van der Waals surface area (Å²) in [6.07, 6.45) is 1.51. The quantitative estimate of drug-likeness (QED) is 0.508. The Balaban J connectivity index is 2.07. The van der Waals surface area contributed by atoms with Crippen LogP contribution in [-0.2, 0) is 6.54 Å². The SMILES string of the molecule is COc1ncnc2c1nc1n2Cc2ccccc2-1. The van der Waals surface area contributed by atoms with Crippen LogP contribution in [0.25, 0.3) is 22.6 Å². The van der Waals surface area contributed by atoms with E-state index in [1.165, 1.54) is 11.9 Å². The maximum absolute atomic E-state index is 5.23. The smallest absolute Gasteiger partial charge is 0.245 e. The number of rotatable bonds is 1. The lowest BCUT2D eigenvalue weighted by Crippen LogP contribution is -1.96. The molecule has 0 bridgehead atoms. The second-order valence-corrected chi connectivity index (χ2v) is 4.23. The fourth-order valence-electron chi connectivity index (χ4n) is 2.47. The summed E-state index contributed by atoms with van der Waals surface area (Å²) >= 11 is 0. The highest BCUT2D eigenvalue weighted by Crippen LogP contribution is 2.35.